The summed E-state index contributed by atoms with van der Waals surface area (Å²) in [5.74, 6) is -3.11. The second-order valence-electron chi connectivity index (χ2n) is 11.0. The lowest BCUT2D eigenvalue weighted by molar-refractivity contribution is -0.143. The Labute approximate surface area is 236 Å². The number of rotatable bonds is 13. The number of benzene rings is 1. The maximum Gasteiger partial charge on any atom is 0.321 e. The highest BCUT2D eigenvalue weighted by molar-refractivity contribution is 5.93. The van der Waals surface area contributed by atoms with Gasteiger partial charge >= 0.3 is 6.03 Å². The summed E-state index contributed by atoms with van der Waals surface area (Å²) in [5, 5.41) is 18.9. The Hall–Kier alpha value is -3.67. The fourth-order valence-electron chi connectivity index (χ4n) is 5.17. The van der Waals surface area contributed by atoms with Crippen LogP contribution in [0.5, 0.6) is 0 Å². The zero-order chi connectivity index (χ0) is 30.0. The zero-order valence-corrected chi connectivity index (χ0v) is 24.1. The fraction of sp³-hybridized carbons (Fsp3) is 0.607. The molecule has 2 unspecified atom stereocenters. The summed E-state index contributed by atoms with van der Waals surface area (Å²) in [7, 11) is 3.19. The molecule has 1 saturated heterocycles. The van der Waals surface area contributed by atoms with Crippen molar-refractivity contribution >= 4 is 35.3 Å². The third-order valence-electron chi connectivity index (χ3n) is 7.27. The van der Waals surface area contributed by atoms with Crippen LogP contribution in [0, 0.1) is 17.3 Å². The Morgan fingerprint density at radius 1 is 1.12 bits per heavy atom. The number of carbonyl (C=O) groups excluding carboxylic acids is 5. The Balaban J connectivity index is 2.10. The van der Waals surface area contributed by atoms with Crippen molar-refractivity contribution in [1.82, 2.24) is 20.4 Å². The molecule has 2 rings (SSSR count). The number of carbonyl (C=O) groups is 5. The Kier molecular flexibility index (Phi) is 11.9. The molecule has 1 aliphatic heterocycles. The second-order valence-corrected chi connectivity index (χ2v) is 11.0. The standard InChI is InChI=1S/C28H44N6O6/c1-6-10-20(23(36)24(37)30-16-22(35)32-21(15-18(2)3)25(38)33(4)5)28(26(29)39)13-14-34(17-28)27(40)31-19-11-8-7-9-12-19/h7-9,11-12,18,20-21,23,36H,6,10,13-17H2,1-5H3,(H2,29,39)(H,30,37)(H,31,40)(H,32,35)/t20-,21+,23?,28?/m1/s1. The van der Waals surface area contributed by atoms with Crippen LogP contribution in [0.15, 0.2) is 30.3 Å². The number of likely N-dealkylation sites (N-methyl/N-ethyl adjacent to an activating group) is 1. The first kappa shape index (κ1) is 32.5. The number of amides is 6. The number of nitrogens with one attached hydrogen (secondary N) is 3. The minimum atomic E-state index is -1.65. The highest BCUT2D eigenvalue weighted by Gasteiger charge is 2.53. The van der Waals surface area contributed by atoms with E-state index in [0.29, 0.717) is 24.9 Å². The van der Waals surface area contributed by atoms with Crippen molar-refractivity contribution in [1.29, 1.82) is 0 Å². The van der Waals surface area contributed by atoms with Crippen LogP contribution >= 0.6 is 0 Å². The molecule has 12 heteroatoms. The topological polar surface area (TPSA) is 174 Å². The summed E-state index contributed by atoms with van der Waals surface area (Å²) in [5.41, 5.74) is 5.11. The number of nitrogens with zero attached hydrogens (tertiary/aromatic N) is 2. The van der Waals surface area contributed by atoms with Gasteiger partial charge < -0.3 is 36.6 Å². The molecule has 1 heterocycles. The first-order chi connectivity index (χ1) is 18.8. The van der Waals surface area contributed by atoms with E-state index in [1.54, 1.807) is 38.4 Å². The van der Waals surface area contributed by atoms with Gasteiger partial charge in [-0.2, -0.15) is 0 Å². The number of aliphatic hydroxyl groups excluding tert-OH is 1. The lowest BCUT2D eigenvalue weighted by Crippen LogP contribution is -2.55. The van der Waals surface area contributed by atoms with Crippen LogP contribution < -0.4 is 21.7 Å². The summed E-state index contributed by atoms with van der Waals surface area (Å²) >= 11 is 0. The minimum absolute atomic E-state index is 0.0555. The maximum atomic E-state index is 13.0. The Bertz CT molecular complexity index is 1050. The van der Waals surface area contributed by atoms with Crippen LogP contribution in [-0.2, 0) is 19.2 Å². The van der Waals surface area contributed by atoms with Gasteiger partial charge in [-0.1, -0.05) is 45.4 Å². The third-order valence-corrected chi connectivity index (χ3v) is 7.27. The average Bonchev–Trinajstić information content (AvgIpc) is 3.36. The normalized spacial score (nSPS) is 18.9. The predicted octanol–water partition coefficient (Wildman–Crippen LogP) is 0.908. The predicted molar refractivity (Wildman–Crippen MR) is 151 cm³/mol. The van der Waals surface area contributed by atoms with Crippen molar-refractivity contribution in [3.8, 4) is 0 Å². The van der Waals surface area contributed by atoms with Crippen molar-refractivity contribution in [2.45, 2.75) is 58.6 Å². The van der Waals surface area contributed by atoms with Gasteiger partial charge in [-0.05, 0) is 37.3 Å². The molecule has 222 valence electrons. The molecule has 0 spiro atoms. The van der Waals surface area contributed by atoms with E-state index in [1.807, 2.05) is 26.8 Å². The monoisotopic (exact) mass is 560 g/mol. The van der Waals surface area contributed by atoms with Crippen LogP contribution in [0.3, 0.4) is 0 Å². The highest BCUT2D eigenvalue weighted by Crippen LogP contribution is 2.42. The van der Waals surface area contributed by atoms with Crippen LogP contribution in [0.4, 0.5) is 10.5 Å². The van der Waals surface area contributed by atoms with Gasteiger partial charge in [0.05, 0.1) is 12.0 Å². The summed E-state index contributed by atoms with van der Waals surface area (Å²) < 4.78 is 0. The molecule has 0 radical (unpaired) electrons. The highest BCUT2D eigenvalue weighted by atomic mass is 16.3. The van der Waals surface area contributed by atoms with Crippen molar-refractivity contribution in [2.24, 2.45) is 23.0 Å². The largest absolute Gasteiger partial charge is 0.383 e. The van der Waals surface area contributed by atoms with Gasteiger partial charge in [0.2, 0.25) is 23.6 Å². The number of nitrogens with two attached hydrogens (primary N) is 1. The number of anilines is 1. The quantitative estimate of drug-likeness (QED) is 0.240. The molecular weight excluding hydrogens is 516 g/mol. The average molecular weight is 561 g/mol. The fourth-order valence-corrected chi connectivity index (χ4v) is 5.17. The molecule has 40 heavy (non-hydrogen) atoms. The molecule has 1 fully saturated rings. The van der Waals surface area contributed by atoms with E-state index >= 15 is 0 Å². The Morgan fingerprint density at radius 3 is 2.33 bits per heavy atom. The second kappa shape index (κ2) is 14.6. The van der Waals surface area contributed by atoms with Gasteiger partial charge in [-0.15, -0.1) is 0 Å². The van der Waals surface area contributed by atoms with Gasteiger partial charge in [0.1, 0.15) is 12.1 Å². The summed E-state index contributed by atoms with van der Waals surface area (Å²) in [6.07, 6.45) is -0.195. The van der Waals surface area contributed by atoms with E-state index in [1.165, 1.54) is 9.80 Å². The molecule has 1 aliphatic rings. The van der Waals surface area contributed by atoms with E-state index < -0.39 is 53.8 Å². The van der Waals surface area contributed by atoms with Crippen LogP contribution in [0.2, 0.25) is 0 Å². The van der Waals surface area contributed by atoms with Crippen LogP contribution in [0.1, 0.15) is 46.5 Å². The maximum absolute atomic E-state index is 13.0. The van der Waals surface area contributed by atoms with Crippen molar-refractivity contribution in [2.75, 3.05) is 39.0 Å². The van der Waals surface area contributed by atoms with E-state index in [4.69, 9.17) is 5.73 Å². The molecule has 0 saturated carbocycles. The summed E-state index contributed by atoms with van der Waals surface area (Å²) in [6, 6.07) is 7.70. The van der Waals surface area contributed by atoms with Gasteiger partial charge in [-0.25, -0.2) is 4.79 Å². The first-order valence-electron chi connectivity index (χ1n) is 13.7. The van der Waals surface area contributed by atoms with Gasteiger partial charge in [0.25, 0.3) is 0 Å². The zero-order valence-electron chi connectivity index (χ0n) is 24.1. The van der Waals surface area contributed by atoms with E-state index in [-0.39, 0.29) is 31.3 Å². The summed E-state index contributed by atoms with van der Waals surface area (Å²) in [6.45, 7) is 5.41. The van der Waals surface area contributed by atoms with Crippen molar-refractivity contribution in [3.05, 3.63) is 30.3 Å². The van der Waals surface area contributed by atoms with E-state index in [2.05, 4.69) is 16.0 Å². The first-order valence-corrected chi connectivity index (χ1v) is 13.7. The lowest BCUT2D eigenvalue weighted by atomic mass is 9.69. The third kappa shape index (κ3) is 8.41. The van der Waals surface area contributed by atoms with Crippen molar-refractivity contribution in [3.63, 3.8) is 0 Å². The number of hydrogen-bond donors (Lipinski definition) is 5. The molecule has 6 amide bonds. The molecule has 4 atom stereocenters. The number of urea groups is 1. The molecule has 12 nitrogen and oxygen atoms in total. The Morgan fingerprint density at radius 2 is 1.77 bits per heavy atom. The van der Waals surface area contributed by atoms with Crippen LogP contribution in [0.25, 0.3) is 0 Å². The van der Waals surface area contributed by atoms with Gasteiger partial charge in [0, 0.05) is 38.8 Å². The molecule has 6 N–H and O–H groups in total. The number of primary amides is 1. The SMILES string of the molecule is CCC[C@H](C(O)C(=O)NCC(=O)N[C@@H](CC(C)C)C(=O)N(C)C)C1(C(N)=O)CCN(C(=O)Nc2ccccc2)C1. The van der Waals surface area contributed by atoms with E-state index in [9.17, 15) is 29.1 Å². The van der Waals surface area contributed by atoms with E-state index in [0.717, 1.165) is 0 Å². The number of para-hydroxylation sites is 1. The molecule has 0 aliphatic carbocycles. The molecule has 0 aromatic heterocycles. The minimum Gasteiger partial charge on any atom is -0.383 e. The summed E-state index contributed by atoms with van der Waals surface area (Å²) in [4.78, 5) is 66.5. The molecule has 0 bridgehead atoms. The van der Waals surface area contributed by atoms with Gasteiger partial charge in [0.15, 0.2) is 0 Å². The van der Waals surface area contributed by atoms with Gasteiger partial charge in [-0.3, -0.25) is 19.2 Å². The number of hydrogen-bond acceptors (Lipinski definition) is 6. The molecular formula is C28H44N6O6. The number of likely N-dealkylation sites (tertiary alicyclic amines) is 1. The van der Waals surface area contributed by atoms with Crippen molar-refractivity contribution < 1.29 is 29.1 Å². The lowest BCUT2D eigenvalue weighted by Gasteiger charge is -2.37. The number of aliphatic hydroxyl groups is 1. The smallest absolute Gasteiger partial charge is 0.321 e. The van der Waals surface area contributed by atoms with Crippen LogP contribution in [-0.4, -0.2) is 90.4 Å². The molecule has 1 aromatic rings. The molecule has 1 aromatic carbocycles.